The molecular formula is C2H6ClNO2S. The van der Waals surface area contributed by atoms with Gasteiger partial charge in [0.15, 0.2) is 0 Å². The van der Waals surface area contributed by atoms with Crippen LogP contribution in [0.1, 0.15) is 0 Å². The molecule has 0 aromatic carbocycles. The first-order chi connectivity index (χ1) is 3.15. The lowest BCUT2D eigenvalue weighted by molar-refractivity contribution is 0.606. The van der Waals surface area contributed by atoms with Crippen molar-refractivity contribution >= 4 is 23.0 Å². The largest absolute Gasteiger partial charge is 0.617 e. The fourth-order valence-corrected chi connectivity index (χ4v) is 0. The Morgan fingerprint density at radius 3 is 1.71 bits per heavy atom. The SMILES string of the molecule is C[S+](C)[O-].O=NCl. The zero-order valence-electron chi connectivity index (χ0n) is 4.05. The molecule has 0 rings (SSSR count). The Morgan fingerprint density at radius 1 is 1.71 bits per heavy atom. The highest BCUT2D eigenvalue weighted by atomic mass is 35.5. The average Bonchev–Trinajstić information content (AvgIpc) is 1.33. The minimum Gasteiger partial charge on any atom is -0.617 e. The van der Waals surface area contributed by atoms with E-state index in [-0.39, 0.29) is 0 Å². The molecule has 0 fully saturated rings. The van der Waals surface area contributed by atoms with Crippen molar-refractivity contribution in [1.82, 2.24) is 0 Å². The molecule has 0 heterocycles. The zero-order valence-corrected chi connectivity index (χ0v) is 5.62. The zero-order chi connectivity index (χ0) is 6.28. The van der Waals surface area contributed by atoms with Crippen molar-refractivity contribution in [2.75, 3.05) is 12.5 Å². The van der Waals surface area contributed by atoms with Gasteiger partial charge in [-0.15, -0.1) is 4.91 Å². The van der Waals surface area contributed by atoms with Gasteiger partial charge in [0.05, 0.1) is 24.3 Å². The number of nitroso groups, excluding NO2 is 1. The average molecular weight is 144 g/mol. The molecule has 0 aromatic rings. The normalized spacial score (nSPS) is 7.00. The van der Waals surface area contributed by atoms with E-state index in [1.165, 1.54) is 0 Å². The van der Waals surface area contributed by atoms with Crippen LogP contribution in [0, 0.1) is 4.91 Å². The second kappa shape index (κ2) is 9.50. The molecule has 0 spiro atoms. The van der Waals surface area contributed by atoms with Crippen LogP contribution in [0.15, 0.2) is 4.70 Å². The van der Waals surface area contributed by atoms with E-state index >= 15 is 0 Å². The predicted molar refractivity (Wildman–Crippen MR) is 31.6 cm³/mol. The van der Waals surface area contributed by atoms with E-state index in [0.29, 0.717) is 0 Å². The van der Waals surface area contributed by atoms with Crippen LogP contribution < -0.4 is 0 Å². The molecule has 7 heavy (non-hydrogen) atoms. The highest BCUT2D eigenvalue weighted by Gasteiger charge is 1.66. The van der Waals surface area contributed by atoms with Gasteiger partial charge in [-0.05, 0) is 0 Å². The highest BCUT2D eigenvalue weighted by Crippen LogP contribution is 1.61. The maximum absolute atomic E-state index is 9.56. The summed E-state index contributed by atoms with van der Waals surface area (Å²) in [6, 6.07) is 0. The van der Waals surface area contributed by atoms with Crippen molar-refractivity contribution in [3.05, 3.63) is 4.91 Å². The molecule has 0 radical (unpaired) electrons. The summed E-state index contributed by atoms with van der Waals surface area (Å²) >= 11 is 3.46. The van der Waals surface area contributed by atoms with Gasteiger partial charge < -0.3 is 4.55 Å². The van der Waals surface area contributed by atoms with Crippen LogP contribution in [-0.4, -0.2) is 17.1 Å². The molecule has 0 atom stereocenters. The van der Waals surface area contributed by atoms with Crippen molar-refractivity contribution in [3.63, 3.8) is 0 Å². The number of rotatable bonds is 0. The highest BCUT2D eigenvalue weighted by molar-refractivity contribution is 7.89. The molecule has 0 unspecified atom stereocenters. The van der Waals surface area contributed by atoms with Gasteiger partial charge in [-0.1, -0.05) is 11.2 Å². The lowest BCUT2D eigenvalue weighted by Crippen LogP contribution is -1.86. The smallest absolute Gasteiger partial charge is 0.0946 e. The fourth-order valence-electron chi connectivity index (χ4n) is 0. The molecule has 0 saturated carbocycles. The summed E-state index contributed by atoms with van der Waals surface area (Å²) in [6.45, 7) is 0. The van der Waals surface area contributed by atoms with Gasteiger partial charge in [0.1, 0.15) is 0 Å². The number of halogens is 1. The van der Waals surface area contributed by atoms with Gasteiger partial charge in [-0.3, -0.25) is 0 Å². The minimum absolute atomic E-state index is 0.611. The van der Waals surface area contributed by atoms with Crippen molar-refractivity contribution in [2.24, 2.45) is 4.70 Å². The van der Waals surface area contributed by atoms with Crippen LogP contribution in [0.25, 0.3) is 0 Å². The standard InChI is InChI=1S/C2H6OS.ClNO/c1-4(2)3;1-2-3/h1-2H3;. The fraction of sp³-hybridized carbons (Fsp3) is 1.00. The van der Waals surface area contributed by atoms with Crippen LogP contribution in [-0.2, 0) is 11.2 Å². The van der Waals surface area contributed by atoms with Gasteiger partial charge >= 0.3 is 0 Å². The second-order valence-electron chi connectivity index (χ2n) is 0.811. The van der Waals surface area contributed by atoms with Gasteiger partial charge in [0.25, 0.3) is 0 Å². The number of nitrogens with zero attached hydrogens (tertiary/aromatic N) is 1. The first-order valence-electron chi connectivity index (χ1n) is 1.33. The monoisotopic (exact) mass is 143 g/mol. The summed E-state index contributed by atoms with van der Waals surface area (Å²) in [6.07, 6.45) is 3.28. The van der Waals surface area contributed by atoms with Crippen LogP contribution in [0.5, 0.6) is 0 Å². The van der Waals surface area contributed by atoms with Gasteiger partial charge in [-0.25, -0.2) is 0 Å². The molecule has 0 N–H and O–H groups in total. The topological polar surface area (TPSA) is 52.5 Å². The number of hydrogen-bond acceptors (Lipinski definition) is 3. The summed E-state index contributed by atoms with van der Waals surface area (Å²) in [4.78, 5) is 8.32. The second-order valence-corrected chi connectivity index (χ2v) is 2.43. The molecule has 0 bridgehead atoms. The van der Waals surface area contributed by atoms with E-state index in [0.717, 1.165) is 0 Å². The van der Waals surface area contributed by atoms with Gasteiger partial charge in [0, 0.05) is 4.70 Å². The van der Waals surface area contributed by atoms with Gasteiger partial charge in [0.2, 0.25) is 0 Å². The predicted octanol–water partition coefficient (Wildman–Crippen LogP) is 0.901. The molecule has 0 aliphatic heterocycles. The molecule has 0 amide bonds. The van der Waals surface area contributed by atoms with Crippen molar-refractivity contribution in [2.45, 2.75) is 0 Å². The van der Waals surface area contributed by atoms with E-state index in [4.69, 9.17) is 4.91 Å². The molecule has 0 aliphatic carbocycles. The third-order valence-electron chi connectivity index (χ3n) is 0. The van der Waals surface area contributed by atoms with E-state index in [1.807, 2.05) is 0 Å². The van der Waals surface area contributed by atoms with Crippen LogP contribution in [0.4, 0.5) is 0 Å². The summed E-state index contributed by atoms with van der Waals surface area (Å²) in [5.41, 5.74) is 0. The molecule has 0 aromatic heterocycles. The molecule has 0 aliphatic rings. The van der Waals surface area contributed by atoms with E-state index in [2.05, 4.69) is 11.8 Å². The molecule has 44 valence electrons. The first-order valence-corrected chi connectivity index (χ1v) is 3.64. The third kappa shape index (κ3) is 2730. The summed E-state index contributed by atoms with van der Waals surface area (Å²) in [5, 5.41) is 0. The lowest BCUT2D eigenvalue weighted by atomic mass is 11.9. The molecule has 5 heteroatoms. The summed E-state index contributed by atoms with van der Waals surface area (Å²) < 4.78 is 11.3. The molecular weight excluding hydrogens is 138 g/mol. The Labute approximate surface area is 50.3 Å². The van der Waals surface area contributed by atoms with Gasteiger partial charge in [-0.2, -0.15) is 0 Å². The van der Waals surface area contributed by atoms with E-state index in [1.54, 1.807) is 17.2 Å². The maximum atomic E-state index is 9.56. The third-order valence-corrected chi connectivity index (χ3v) is 0. The molecule has 0 saturated heterocycles. The van der Waals surface area contributed by atoms with Crippen LogP contribution >= 0.6 is 11.8 Å². The minimum atomic E-state index is -0.611. The quantitative estimate of drug-likeness (QED) is 0.374. The van der Waals surface area contributed by atoms with E-state index < -0.39 is 11.2 Å². The van der Waals surface area contributed by atoms with Crippen molar-refractivity contribution in [3.8, 4) is 0 Å². The maximum Gasteiger partial charge on any atom is 0.0946 e. The Balaban J connectivity index is 0. The van der Waals surface area contributed by atoms with E-state index in [9.17, 15) is 4.55 Å². The lowest BCUT2D eigenvalue weighted by Gasteiger charge is -1.87. The van der Waals surface area contributed by atoms with Crippen LogP contribution in [0.3, 0.4) is 0 Å². The Hall–Kier alpha value is 0.200. The summed E-state index contributed by atoms with van der Waals surface area (Å²) in [5.74, 6) is 0. The summed E-state index contributed by atoms with van der Waals surface area (Å²) in [7, 11) is 0. The Morgan fingerprint density at radius 2 is 1.71 bits per heavy atom. The first kappa shape index (κ1) is 10.2. The number of hydrogen-bond donors (Lipinski definition) is 0. The van der Waals surface area contributed by atoms with Crippen molar-refractivity contribution < 1.29 is 4.55 Å². The molecule has 3 nitrogen and oxygen atoms in total. The van der Waals surface area contributed by atoms with Crippen LogP contribution in [0.2, 0.25) is 0 Å². The Kier molecular flexibility index (Phi) is 13.9. The van der Waals surface area contributed by atoms with Crippen molar-refractivity contribution in [1.29, 1.82) is 0 Å². The Bertz CT molecular complexity index is 39.9.